The second kappa shape index (κ2) is 6.68. The summed E-state index contributed by atoms with van der Waals surface area (Å²) >= 11 is 0. The Hall–Kier alpha value is -2.90. The first-order valence-corrected chi connectivity index (χ1v) is 8.85. The van der Waals surface area contributed by atoms with Gasteiger partial charge in [-0.15, -0.1) is 0 Å². The van der Waals surface area contributed by atoms with Crippen LogP contribution in [0.1, 0.15) is 12.1 Å². The third-order valence-electron chi connectivity index (χ3n) is 5.17. The molecule has 1 saturated heterocycles. The number of benzene rings is 1. The summed E-state index contributed by atoms with van der Waals surface area (Å²) in [5.41, 5.74) is 8.61. The van der Waals surface area contributed by atoms with E-state index in [1.807, 2.05) is 48.7 Å². The van der Waals surface area contributed by atoms with Gasteiger partial charge in [0.1, 0.15) is 16.9 Å². The summed E-state index contributed by atoms with van der Waals surface area (Å²) in [5.74, 6) is -0.156. The molecule has 1 aliphatic heterocycles. The first-order chi connectivity index (χ1) is 13.0. The van der Waals surface area contributed by atoms with Gasteiger partial charge < -0.3 is 20.0 Å². The Bertz CT molecular complexity index is 983. The van der Waals surface area contributed by atoms with Crippen molar-refractivity contribution in [3.05, 3.63) is 54.4 Å². The molecule has 4 rings (SSSR count). The van der Waals surface area contributed by atoms with E-state index in [-0.39, 0.29) is 0 Å². The predicted octanol–water partition coefficient (Wildman–Crippen LogP) is 2.00. The van der Waals surface area contributed by atoms with Crippen molar-refractivity contribution < 1.29 is 14.6 Å². The topological polar surface area (TPSA) is 93.1 Å². The highest BCUT2D eigenvalue weighted by molar-refractivity contribution is 5.79. The highest BCUT2D eigenvalue weighted by atomic mass is 16.5. The van der Waals surface area contributed by atoms with Crippen LogP contribution < -0.4 is 10.5 Å². The zero-order valence-electron chi connectivity index (χ0n) is 15.1. The van der Waals surface area contributed by atoms with Gasteiger partial charge in [0.25, 0.3) is 0 Å². The first-order valence-electron chi connectivity index (χ1n) is 8.85. The second-order valence-electron chi connectivity index (χ2n) is 6.99. The van der Waals surface area contributed by atoms with Crippen molar-refractivity contribution in [1.29, 1.82) is 0 Å². The first kappa shape index (κ1) is 17.5. The quantitative estimate of drug-likeness (QED) is 0.717. The van der Waals surface area contributed by atoms with Crippen LogP contribution in [0.15, 0.2) is 48.7 Å². The average molecular weight is 366 g/mol. The van der Waals surface area contributed by atoms with E-state index in [9.17, 15) is 9.90 Å². The molecule has 7 nitrogen and oxygen atoms in total. The van der Waals surface area contributed by atoms with Crippen molar-refractivity contribution in [3.8, 4) is 17.0 Å². The minimum Gasteiger partial charge on any atom is -0.497 e. The monoisotopic (exact) mass is 366 g/mol. The fourth-order valence-electron chi connectivity index (χ4n) is 3.61. The smallest absolute Gasteiger partial charge is 0.325 e. The van der Waals surface area contributed by atoms with Crippen molar-refractivity contribution in [2.75, 3.05) is 20.2 Å². The van der Waals surface area contributed by atoms with Crippen LogP contribution in [0.4, 0.5) is 0 Å². The molecule has 1 atom stereocenters. The maximum Gasteiger partial charge on any atom is 0.325 e. The molecule has 2 aromatic heterocycles. The molecule has 1 aromatic carbocycles. The zero-order chi connectivity index (χ0) is 19.0. The lowest BCUT2D eigenvalue weighted by Gasteiger charge is -2.20. The van der Waals surface area contributed by atoms with E-state index in [1.54, 1.807) is 7.11 Å². The molecule has 1 fully saturated rings. The Labute approximate surface area is 157 Å². The summed E-state index contributed by atoms with van der Waals surface area (Å²) in [7, 11) is 1.64. The van der Waals surface area contributed by atoms with Gasteiger partial charge in [0, 0.05) is 31.4 Å². The van der Waals surface area contributed by atoms with Crippen LogP contribution in [0.5, 0.6) is 5.75 Å². The fraction of sp³-hybridized carbons (Fsp3) is 0.300. The number of ether oxygens (including phenoxy) is 1. The summed E-state index contributed by atoms with van der Waals surface area (Å²) in [6, 6.07) is 13.7. The largest absolute Gasteiger partial charge is 0.497 e. The summed E-state index contributed by atoms with van der Waals surface area (Å²) in [4.78, 5) is 18.3. The highest BCUT2D eigenvalue weighted by Gasteiger charge is 2.41. The van der Waals surface area contributed by atoms with E-state index in [0.717, 1.165) is 28.3 Å². The Kier molecular flexibility index (Phi) is 4.33. The van der Waals surface area contributed by atoms with Gasteiger partial charge >= 0.3 is 5.97 Å². The summed E-state index contributed by atoms with van der Waals surface area (Å²) < 4.78 is 7.30. The molecule has 0 unspecified atom stereocenters. The molecular weight excluding hydrogens is 344 g/mol. The minimum atomic E-state index is -1.18. The molecule has 3 N–H and O–H groups in total. The maximum atomic E-state index is 11.5. The standard InChI is InChI=1S/C20H22N4O3/c1-27-15-7-5-14(6-8-15)18-16(24-10-3-2-4-17(24)22-18)12-23-11-9-20(21,13-23)19(25)26/h2-8,10H,9,11-13,21H2,1H3,(H,25,26)/t20-/m1/s1. The van der Waals surface area contributed by atoms with Crippen LogP contribution >= 0.6 is 0 Å². The number of carboxylic acid groups (broad SMARTS) is 1. The number of fused-ring (bicyclic) bond motifs is 1. The molecule has 27 heavy (non-hydrogen) atoms. The number of nitrogens with two attached hydrogens (primary N) is 1. The van der Waals surface area contributed by atoms with Crippen molar-refractivity contribution >= 4 is 11.6 Å². The number of carboxylic acids is 1. The minimum absolute atomic E-state index is 0.324. The summed E-state index contributed by atoms with van der Waals surface area (Å²) in [6.45, 7) is 1.55. The van der Waals surface area contributed by atoms with Crippen LogP contribution in [0.25, 0.3) is 16.9 Å². The molecule has 0 bridgehead atoms. The molecule has 0 amide bonds. The van der Waals surface area contributed by atoms with Crippen LogP contribution in [-0.2, 0) is 11.3 Å². The molecular formula is C20H22N4O3. The van der Waals surface area contributed by atoms with E-state index in [0.29, 0.717) is 26.1 Å². The van der Waals surface area contributed by atoms with Gasteiger partial charge in [0.2, 0.25) is 0 Å². The average Bonchev–Trinajstić information content (AvgIpc) is 3.24. The number of aromatic nitrogens is 2. The number of imidazole rings is 1. The predicted molar refractivity (Wildman–Crippen MR) is 102 cm³/mol. The summed E-state index contributed by atoms with van der Waals surface area (Å²) in [6.07, 6.45) is 2.42. The number of aliphatic carboxylic acids is 1. The highest BCUT2D eigenvalue weighted by Crippen LogP contribution is 2.29. The number of nitrogens with zero attached hydrogens (tertiary/aromatic N) is 3. The van der Waals surface area contributed by atoms with E-state index >= 15 is 0 Å². The molecule has 1 aliphatic rings. The van der Waals surface area contributed by atoms with Gasteiger partial charge in [-0.05, 0) is 42.8 Å². The van der Waals surface area contributed by atoms with E-state index in [4.69, 9.17) is 15.5 Å². The number of pyridine rings is 1. The molecule has 3 aromatic rings. The third-order valence-corrected chi connectivity index (χ3v) is 5.17. The van der Waals surface area contributed by atoms with E-state index in [1.165, 1.54) is 0 Å². The van der Waals surface area contributed by atoms with Crippen LogP contribution in [0.3, 0.4) is 0 Å². The number of likely N-dealkylation sites (tertiary alicyclic amines) is 1. The van der Waals surface area contributed by atoms with Crippen molar-refractivity contribution in [1.82, 2.24) is 14.3 Å². The Morgan fingerprint density at radius 3 is 2.74 bits per heavy atom. The zero-order valence-corrected chi connectivity index (χ0v) is 15.1. The third kappa shape index (κ3) is 3.15. The van der Waals surface area contributed by atoms with E-state index < -0.39 is 11.5 Å². The summed E-state index contributed by atoms with van der Waals surface area (Å²) in [5, 5.41) is 9.39. The molecule has 0 radical (unpaired) electrons. The lowest BCUT2D eigenvalue weighted by molar-refractivity contribution is -0.142. The number of hydrogen-bond donors (Lipinski definition) is 2. The molecule has 0 spiro atoms. The number of rotatable bonds is 5. The van der Waals surface area contributed by atoms with Gasteiger partial charge in [-0.3, -0.25) is 9.69 Å². The van der Waals surface area contributed by atoms with Gasteiger partial charge in [-0.2, -0.15) is 0 Å². The van der Waals surface area contributed by atoms with Crippen LogP contribution in [0, 0.1) is 0 Å². The lowest BCUT2D eigenvalue weighted by atomic mass is 10.0. The van der Waals surface area contributed by atoms with Gasteiger partial charge in [0.05, 0.1) is 18.5 Å². The normalized spacial score (nSPS) is 20.2. The molecule has 0 saturated carbocycles. The van der Waals surface area contributed by atoms with Gasteiger partial charge in [-0.25, -0.2) is 4.98 Å². The fourth-order valence-corrected chi connectivity index (χ4v) is 3.61. The Balaban J connectivity index is 1.71. The molecule has 3 heterocycles. The lowest BCUT2D eigenvalue weighted by Crippen LogP contribution is -2.50. The van der Waals surface area contributed by atoms with Crippen LogP contribution in [0.2, 0.25) is 0 Å². The molecule has 0 aliphatic carbocycles. The van der Waals surface area contributed by atoms with Crippen molar-refractivity contribution in [2.45, 2.75) is 18.5 Å². The van der Waals surface area contributed by atoms with E-state index in [2.05, 4.69) is 9.30 Å². The Morgan fingerprint density at radius 2 is 2.07 bits per heavy atom. The number of carbonyl (C=O) groups is 1. The van der Waals surface area contributed by atoms with Gasteiger partial charge in [-0.1, -0.05) is 6.07 Å². The second-order valence-corrected chi connectivity index (χ2v) is 6.99. The van der Waals surface area contributed by atoms with Crippen molar-refractivity contribution in [3.63, 3.8) is 0 Å². The number of methoxy groups -OCH3 is 1. The molecule has 7 heteroatoms. The maximum absolute atomic E-state index is 11.5. The SMILES string of the molecule is COc1ccc(-c2nc3ccccn3c2CN2CC[C@](N)(C(=O)O)C2)cc1. The molecule has 140 valence electrons. The van der Waals surface area contributed by atoms with Crippen LogP contribution in [-0.4, -0.2) is 51.1 Å². The Morgan fingerprint density at radius 1 is 1.30 bits per heavy atom. The van der Waals surface area contributed by atoms with Gasteiger partial charge in [0.15, 0.2) is 0 Å². The number of hydrogen-bond acceptors (Lipinski definition) is 5. The van der Waals surface area contributed by atoms with Crippen molar-refractivity contribution in [2.24, 2.45) is 5.73 Å².